The normalized spacial score (nSPS) is 12.9. The van der Waals surface area contributed by atoms with Gasteiger partial charge in [0.05, 0.1) is 5.52 Å². The third-order valence-electron chi connectivity index (χ3n) is 6.92. The number of carbonyl (C=O) groups excluding carboxylic acids is 1. The molecule has 0 saturated carbocycles. The number of hydrogen-bond donors (Lipinski definition) is 4. The number of nitrogens with zero attached hydrogens (tertiary/aromatic N) is 2. The van der Waals surface area contributed by atoms with E-state index in [1.807, 2.05) is 42.6 Å². The SMILES string of the molecule is CC(=O)NCCc1c[nH]c2ccc(N(CCNc3c4c(nc5ccc(Cl)cc35)CCCC4)C(=O)O)cc12. The van der Waals surface area contributed by atoms with Crippen LogP contribution in [0.5, 0.6) is 0 Å². The van der Waals surface area contributed by atoms with Crippen LogP contribution < -0.4 is 15.5 Å². The van der Waals surface area contributed by atoms with Gasteiger partial charge in [0, 0.05) is 71.1 Å². The van der Waals surface area contributed by atoms with Crippen molar-refractivity contribution in [2.75, 3.05) is 29.9 Å². The zero-order valence-electron chi connectivity index (χ0n) is 20.7. The Morgan fingerprint density at radius 3 is 2.76 bits per heavy atom. The number of halogens is 1. The van der Waals surface area contributed by atoms with Crippen LogP contribution in [0.3, 0.4) is 0 Å². The number of aryl methyl sites for hydroxylation is 1. The van der Waals surface area contributed by atoms with Crippen molar-refractivity contribution < 1.29 is 14.7 Å². The van der Waals surface area contributed by atoms with Gasteiger partial charge in [0.1, 0.15) is 0 Å². The minimum atomic E-state index is -1.01. The minimum Gasteiger partial charge on any atom is -0.465 e. The molecule has 2 aromatic heterocycles. The molecule has 0 saturated heterocycles. The second kappa shape index (κ2) is 10.7. The first-order chi connectivity index (χ1) is 17.9. The lowest BCUT2D eigenvalue weighted by Gasteiger charge is -2.24. The van der Waals surface area contributed by atoms with Crippen molar-refractivity contribution in [2.45, 2.75) is 39.0 Å². The molecule has 0 spiro atoms. The van der Waals surface area contributed by atoms with E-state index in [0.717, 1.165) is 64.4 Å². The second-order valence-electron chi connectivity index (χ2n) is 9.42. The molecular weight excluding hydrogens is 490 g/mol. The number of aromatic amines is 1. The van der Waals surface area contributed by atoms with Gasteiger partial charge in [0.15, 0.2) is 0 Å². The molecule has 2 amide bonds. The Morgan fingerprint density at radius 2 is 1.95 bits per heavy atom. The van der Waals surface area contributed by atoms with Crippen LogP contribution in [0.2, 0.25) is 5.02 Å². The molecule has 4 N–H and O–H groups in total. The molecular formula is C28H30ClN5O3. The number of nitrogens with one attached hydrogen (secondary N) is 3. The molecule has 2 aromatic carbocycles. The van der Waals surface area contributed by atoms with Crippen LogP contribution in [0.25, 0.3) is 21.8 Å². The molecule has 8 nitrogen and oxygen atoms in total. The Hall–Kier alpha value is -3.78. The number of aromatic nitrogens is 2. The van der Waals surface area contributed by atoms with Crippen molar-refractivity contribution in [1.82, 2.24) is 15.3 Å². The Kier molecular flexibility index (Phi) is 7.19. The minimum absolute atomic E-state index is 0.0735. The molecule has 5 rings (SSSR count). The zero-order valence-corrected chi connectivity index (χ0v) is 21.5. The van der Waals surface area contributed by atoms with Gasteiger partial charge < -0.3 is 20.7 Å². The Morgan fingerprint density at radius 1 is 1.11 bits per heavy atom. The topological polar surface area (TPSA) is 110 Å². The van der Waals surface area contributed by atoms with E-state index >= 15 is 0 Å². The van der Waals surface area contributed by atoms with Gasteiger partial charge in [-0.25, -0.2) is 4.79 Å². The number of hydrogen-bond acceptors (Lipinski definition) is 4. The van der Waals surface area contributed by atoms with Crippen LogP contribution in [0, 0.1) is 0 Å². The Balaban J connectivity index is 1.38. The highest BCUT2D eigenvalue weighted by atomic mass is 35.5. The van der Waals surface area contributed by atoms with Crippen molar-refractivity contribution in [3.05, 3.63) is 64.4 Å². The van der Waals surface area contributed by atoms with Gasteiger partial charge in [-0.05, 0) is 79.6 Å². The summed E-state index contributed by atoms with van der Waals surface area (Å²) in [5.41, 5.74) is 6.79. The summed E-state index contributed by atoms with van der Waals surface area (Å²) in [5, 5.41) is 18.9. The van der Waals surface area contributed by atoms with E-state index < -0.39 is 6.09 Å². The van der Waals surface area contributed by atoms with Crippen LogP contribution in [-0.4, -0.2) is 46.7 Å². The van der Waals surface area contributed by atoms with Crippen LogP contribution in [0.15, 0.2) is 42.6 Å². The van der Waals surface area contributed by atoms with Crippen LogP contribution in [0.4, 0.5) is 16.2 Å². The Labute approximate surface area is 220 Å². The van der Waals surface area contributed by atoms with Gasteiger partial charge in [0.25, 0.3) is 0 Å². The highest BCUT2D eigenvalue weighted by Crippen LogP contribution is 2.34. The smallest absolute Gasteiger partial charge is 0.411 e. The lowest BCUT2D eigenvalue weighted by Crippen LogP contribution is -2.34. The highest BCUT2D eigenvalue weighted by Gasteiger charge is 2.20. The maximum Gasteiger partial charge on any atom is 0.411 e. The summed E-state index contributed by atoms with van der Waals surface area (Å²) in [7, 11) is 0. The molecule has 4 aromatic rings. The van der Waals surface area contributed by atoms with Crippen molar-refractivity contribution >= 4 is 56.8 Å². The first-order valence-corrected chi connectivity index (χ1v) is 13.0. The average Bonchev–Trinajstić information content (AvgIpc) is 3.28. The highest BCUT2D eigenvalue weighted by molar-refractivity contribution is 6.31. The summed E-state index contributed by atoms with van der Waals surface area (Å²) >= 11 is 6.31. The summed E-state index contributed by atoms with van der Waals surface area (Å²) in [4.78, 5) is 32.9. The van der Waals surface area contributed by atoms with Crippen LogP contribution in [0.1, 0.15) is 36.6 Å². The number of anilines is 2. The molecule has 1 aliphatic carbocycles. The van der Waals surface area contributed by atoms with Crippen molar-refractivity contribution in [3.8, 4) is 0 Å². The van der Waals surface area contributed by atoms with E-state index in [4.69, 9.17) is 16.6 Å². The average molecular weight is 520 g/mol. The maximum absolute atomic E-state index is 12.3. The molecule has 0 fully saturated rings. The van der Waals surface area contributed by atoms with E-state index in [1.165, 1.54) is 17.4 Å². The van der Waals surface area contributed by atoms with Gasteiger partial charge in [-0.1, -0.05) is 11.6 Å². The fourth-order valence-corrected chi connectivity index (χ4v) is 5.31. The number of rotatable bonds is 8. The largest absolute Gasteiger partial charge is 0.465 e. The predicted molar refractivity (Wildman–Crippen MR) is 148 cm³/mol. The van der Waals surface area contributed by atoms with Gasteiger partial charge >= 0.3 is 6.09 Å². The first-order valence-electron chi connectivity index (χ1n) is 12.6. The lowest BCUT2D eigenvalue weighted by molar-refractivity contribution is -0.118. The van der Waals surface area contributed by atoms with Gasteiger partial charge in [-0.3, -0.25) is 14.7 Å². The molecule has 2 heterocycles. The molecule has 0 unspecified atom stereocenters. The van der Waals surface area contributed by atoms with E-state index in [-0.39, 0.29) is 12.5 Å². The third-order valence-corrected chi connectivity index (χ3v) is 7.16. The summed E-state index contributed by atoms with van der Waals surface area (Å²) in [6, 6.07) is 11.3. The molecule has 1 aliphatic rings. The molecule has 0 radical (unpaired) electrons. The van der Waals surface area contributed by atoms with Crippen molar-refractivity contribution in [2.24, 2.45) is 0 Å². The van der Waals surface area contributed by atoms with Gasteiger partial charge in [0.2, 0.25) is 5.91 Å². The fraction of sp³-hybridized carbons (Fsp3) is 0.321. The van der Waals surface area contributed by atoms with E-state index in [2.05, 4.69) is 15.6 Å². The molecule has 0 aliphatic heterocycles. The van der Waals surface area contributed by atoms with Gasteiger partial charge in [-0.2, -0.15) is 0 Å². The lowest BCUT2D eigenvalue weighted by atomic mass is 9.92. The van der Waals surface area contributed by atoms with Crippen molar-refractivity contribution in [1.29, 1.82) is 0 Å². The number of amides is 2. The number of carboxylic acid groups (broad SMARTS) is 1. The summed E-state index contributed by atoms with van der Waals surface area (Å²) in [6.45, 7) is 2.72. The Bertz CT molecular complexity index is 1480. The maximum atomic E-state index is 12.3. The van der Waals surface area contributed by atoms with Crippen LogP contribution in [-0.2, 0) is 24.1 Å². The van der Waals surface area contributed by atoms with E-state index in [0.29, 0.717) is 30.2 Å². The molecule has 192 valence electrons. The fourth-order valence-electron chi connectivity index (χ4n) is 5.14. The number of pyridine rings is 1. The van der Waals surface area contributed by atoms with E-state index in [9.17, 15) is 14.7 Å². The third kappa shape index (κ3) is 5.34. The predicted octanol–water partition coefficient (Wildman–Crippen LogP) is 5.52. The monoisotopic (exact) mass is 519 g/mol. The second-order valence-corrected chi connectivity index (χ2v) is 9.85. The number of carbonyl (C=O) groups is 2. The van der Waals surface area contributed by atoms with Crippen LogP contribution >= 0.6 is 11.6 Å². The number of H-pyrrole nitrogens is 1. The molecule has 0 bridgehead atoms. The molecule has 0 atom stereocenters. The summed E-state index contributed by atoms with van der Waals surface area (Å²) < 4.78 is 0. The first kappa shape index (κ1) is 24.9. The zero-order chi connectivity index (χ0) is 25.9. The van der Waals surface area contributed by atoms with Crippen molar-refractivity contribution in [3.63, 3.8) is 0 Å². The molecule has 9 heteroatoms. The standard InChI is InChI=1S/C28H30ClN5O3/c1-17(35)30-11-10-18-16-32-24-9-7-20(15-22(18)24)34(28(36)37)13-12-31-27-21-4-2-3-5-25(21)33-26-8-6-19(29)14-23(26)27/h6-9,14-16,32H,2-5,10-13H2,1H3,(H,30,35)(H,31,33)(H,36,37). The number of fused-ring (bicyclic) bond motifs is 3. The quantitative estimate of drug-likeness (QED) is 0.245. The number of benzene rings is 2. The van der Waals surface area contributed by atoms with E-state index in [1.54, 1.807) is 0 Å². The summed E-state index contributed by atoms with van der Waals surface area (Å²) in [5.74, 6) is -0.0735. The van der Waals surface area contributed by atoms with Gasteiger partial charge in [-0.15, -0.1) is 0 Å². The molecule has 37 heavy (non-hydrogen) atoms. The summed E-state index contributed by atoms with van der Waals surface area (Å²) in [6.07, 6.45) is 5.68.